The summed E-state index contributed by atoms with van der Waals surface area (Å²) in [6.07, 6.45) is 0.603. The van der Waals surface area contributed by atoms with Crippen LogP contribution in [-0.4, -0.2) is 16.1 Å². The Morgan fingerprint density at radius 1 is 1.37 bits per heavy atom. The lowest BCUT2D eigenvalue weighted by molar-refractivity contribution is 0.368. The van der Waals surface area contributed by atoms with E-state index in [1.165, 1.54) is 16.5 Å². The highest BCUT2D eigenvalue weighted by molar-refractivity contribution is 5.87. The van der Waals surface area contributed by atoms with Crippen LogP contribution in [0.2, 0.25) is 0 Å². The monoisotopic (exact) mass is 260 g/mol. The normalized spacial score (nSPS) is 11.8. The van der Waals surface area contributed by atoms with Gasteiger partial charge in [0, 0.05) is 16.6 Å². The summed E-state index contributed by atoms with van der Waals surface area (Å²) in [7, 11) is 0. The maximum Gasteiger partial charge on any atom is 0.102 e. The Kier molecular flexibility index (Phi) is 5.19. The van der Waals surface area contributed by atoms with E-state index in [0.29, 0.717) is 6.42 Å². The molecule has 0 aliphatic rings. The van der Waals surface area contributed by atoms with Gasteiger partial charge in [-0.2, -0.15) is 0 Å². The summed E-state index contributed by atoms with van der Waals surface area (Å²) in [5.41, 5.74) is 10.5. The number of aliphatic hydroxyl groups is 1. The first-order valence-electron chi connectivity index (χ1n) is 6.70. The maximum atomic E-state index is 9.32. The van der Waals surface area contributed by atoms with Crippen molar-refractivity contribution in [2.45, 2.75) is 40.2 Å². The molecule has 0 radical (unpaired) electrons. The summed E-state index contributed by atoms with van der Waals surface area (Å²) in [6, 6.07) is 5.76. The van der Waals surface area contributed by atoms with Crippen LogP contribution in [0.1, 0.15) is 30.7 Å². The topological polar surface area (TPSA) is 62.0 Å². The third-order valence-electron chi connectivity index (χ3n) is 3.20. The number of fused-ring (bicyclic) bond motifs is 1. The Morgan fingerprint density at radius 2 is 2.00 bits per heavy atom. The molecule has 3 heteroatoms. The van der Waals surface area contributed by atoms with E-state index < -0.39 is 6.04 Å². The molecule has 0 bridgehead atoms. The lowest BCUT2D eigenvalue weighted by atomic mass is 9.99. The van der Waals surface area contributed by atoms with Gasteiger partial charge in [-0.1, -0.05) is 32.6 Å². The molecule has 0 spiro atoms. The quantitative estimate of drug-likeness (QED) is 0.736. The minimum absolute atomic E-state index is 0.0346. The van der Waals surface area contributed by atoms with Crippen molar-refractivity contribution < 1.29 is 5.11 Å². The number of aliphatic hydroxyl groups excluding tert-OH is 1. The highest BCUT2D eigenvalue weighted by Gasteiger charge is 2.15. The van der Waals surface area contributed by atoms with Gasteiger partial charge in [-0.25, -0.2) is 0 Å². The van der Waals surface area contributed by atoms with E-state index >= 15 is 0 Å². The molecule has 19 heavy (non-hydrogen) atoms. The van der Waals surface area contributed by atoms with Crippen molar-refractivity contribution in [1.82, 2.24) is 4.98 Å². The van der Waals surface area contributed by atoms with Gasteiger partial charge in [0.1, 0.15) is 5.76 Å². The van der Waals surface area contributed by atoms with Crippen LogP contribution in [0.5, 0.6) is 0 Å². The zero-order valence-electron chi connectivity index (χ0n) is 12.2. The molecule has 1 atom stereocenters. The molecule has 4 N–H and O–H groups in total. The zero-order chi connectivity index (χ0) is 14.6. The van der Waals surface area contributed by atoms with E-state index in [-0.39, 0.29) is 5.76 Å². The Morgan fingerprint density at radius 3 is 2.58 bits per heavy atom. The predicted octanol–water partition coefficient (Wildman–Crippen LogP) is 3.75. The Balaban J connectivity index is 0.000000861. The van der Waals surface area contributed by atoms with Crippen LogP contribution in [0.25, 0.3) is 10.9 Å². The number of hydrogen-bond acceptors (Lipinski definition) is 2. The SMILES string of the molecule is C=C(O)C(N)Cc1c(C)[nH]c2cccc(C)c12.CC. The van der Waals surface area contributed by atoms with Crippen molar-refractivity contribution in [3.05, 3.63) is 47.4 Å². The lowest BCUT2D eigenvalue weighted by Crippen LogP contribution is -2.24. The number of aromatic amines is 1. The fourth-order valence-corrected chi connectivity index (χ4v) is 2.23. The van der Waals surface area contributed by atoms with Gasteiger partial charge >= 0.3 is 0 Å². The van der Waals surface area contributed by atoms with Gasteiger partial charge in [0.25, 0.3) is 0 Å². The molecular formula is C16H24N2O. The molecule has 104 valence electrons. The van der Waals surface area contributed by atoms with Gasteiger partial charge in [0.2, 0.25) is 0 Å². The second-order valence-corrected chi connectivity index (χ2v) is 4.53. The number of hydrogen-bond donors (Lipinski definition) is 3. The van der Waals surface area contributed by atoms with E-state index in [0.717, 1.165) is 11.2 Å². The molecule has 0 saturated heterocycles. The molecule has 0 saturated carbocycles. The first-order chi connectivity index (χ1) is 9.00. The molecular weight excluding hydrogens is 236 g/mol. The largest absolute Gasteiger partial charge is 0.511 e. The smallest absolute Gasteiger partial charge is 0.102 e. The second-order valence-electron chi connectivity index (χ2n) is 4.53. The zero-order valence-corrected chi connectivity index (χ0v) is 12.2. The fraction of sp³-hybridized carbons (Fsp3) is 0.375. The van der Waals surface area contributed by atoms with Crippen LogP contribution >= 0.6 is 0 Å². The van der Waals surface area contributed by atoms with E-state index in [2.05, 4.69) is 30.6 Å². The highest BCUT2D eigenvalue weighted by Crippen LogP contribution is 2.26. The van der Waals surface area contributed by atoms with Crippen molar-refractivity contribution >= 4 is 10.9 Å². The summed E-state index contributed by atoms with van der Waals surface area (Å²) in [6.45, 7) is 11.6. The van der Waals surface area contributed by atoms with Crippen molar-refractivity contribution in [2.75, 3.05) is 0 Å². The van der Waals surface area contributed by atoms with Crippen LogP contribution < -0.4 is 5.73 Å². The average Bonchev–Trinajstić information content (AvgIpc) is 2.69. The second kappa shape index (κ2) is 6.43. The van der Waals surface area contributed by atoms with Crippen LogP contribution in [0, 0.1) is 13.8 Å². The van der Waals surface area contributed by atoms with Crippen molar-refractivity contribution in [1.29, 1.82) is 0 Å². The molecule has 0 aliphatic heterocycles. The molecule has 1 aromatic heterocycles. The lowest BCUT2D eigenvalue weighted by Gasteiger charge is -2.10. The van der Waals surface area contributed by atoms with Gasteiger partial charge in [-0.15, -0.1) is 0 Å². The standard InChI is InChI=1S/C14H18N2O.C2H6/c1-8-5-4-6-13-14(8)11(9(2)16-13)7-12(15)10(3)17;1-2/h4-6,12,16-17H,3,7,15H2,1-2H3;1-2H3. The molecule has 0 aliphatic carbocycles. The summed E-state index contributed by atoms with van der Waals surface area (Å²) >= 11 is 0. The molecule has 3 nitrogen and oxygen atoms in total. The van der Waals surface area contributed by atoms with Crippen LogP contribution in [-0.2, 0) is 6.42 Å². The van der Waals surface area contributed by atoms with Crippen molar-refractivity contribution in [2.24, 2.45) is 5.73 Å². The average molecular weight is 260 g/mol. The predicted molar refractivity (Wildman–Crippen MR) is 82.6 cm³/mol. The van der Waals surface area contributed by atoms with Crippen LogP contribution in [0.15, 0.2) is 30.5 Å². The van der Waals surface area contributed by atoms with Gasteiger partial charge < -0.3 is 15.8 Å². The summed E-state index contributed by atoms with van der Waals surface area (Å²) in [5, 5.41) is 10.5. The molecule has 2 rings (SSSR count). The number of nitrogens with one attached hydrogen (secondary N) is 1. The van der Waals surface area contributed by atoms with Crippen molar-refractivity contribution in [3.8, 4) is 0 Å². The molecule has 0 fully saturated rings. The third kappa shape index (κ3) is 3.18. The molecule has 0 amide bonds. The number of H-pyrrole nitrogens is 1. The van der Waals surface area contributed by atoms with Gasteiger partial charge in [-0.3, -0.25) is 0 Å². The van der Waals surface area contributed by atoms with E-state index in [9.17, 15) is 5.11 Å². The third-order valence-corrected chi connectivity index (χ3v) is 3.20. The first-order valence-corrected chi connectivity index (χ1v) is 6.70. The molecule has 1 unspecified atom stereocenters. The Labute approximate surface area is 115 Å². The van der Waals surface area contributed by atoms with Gasteiger partial charge in [0.05, 0.1) is 6.04 Å². The van der Waals surface area contributed by atoms with Crippen LogP contribution in [0.4, 0.5) is 0 Å². The highest BCUT2D eigenvalue weighted by atomic mass is 16.3. The summed E-state index contributed by atoms with van der Waals surface area (Å²) in [5.74, 6) is 0.0346. The van der Waals surface area contributed by atoms with Crippen LogP contribution in [0.3, 0.4) is 0 Å². The number of rotatable bonds is 3. The Hall–Kier alpha value is -1.74. The summed E-state index contributed by atoms with van der Waals surface area (Å²) in [4.78, 5) is 3.35. The van der Waals surface area contributed by atoms with Gasteiger partial charge in [0.15, 0.2) is 0 Å². The first kappa shape index (κ1) is 15.3. The number of benzene rings is 1. The van der Waals surface area contributed by atoms with E-state index in [1.54, 1.807) is 0 Å². The molecule has 2 aromatic rings. The van der Waals surface area contributed by atoms with Crippen molar-refractivity contribution in [3.63, 3.8) is 0 Å². The fourth-order valence-electron chi connectivity index (χ4n) is 2.23. The molecule has 1 aromatic carbocycles. The molecule has 1 heterocycles. The maximum absolute atomic E-state index is 9.32. The van der Waals surface area contributed by atoms with Gasteiger partial charge in [-0.05, 0) is 37.5 Å². The number of aryl methyl sites for hydroxylation is 2. The minimum Gasteiger partial charge on any atom is -0.511 e. The Bertz CT molecular complexity index is 569. The minimum atomic E-state index is -0.410. The number of nitrogens with two attached hydrogens (primary N) is 1. The van der Waals surface area contributed by atoms with E-state index in [4.69, 9.17) is 5.73 Å². The summed E-state index contributed by atoms with van der Waals surface area (Å²) < 4.78 is 0. The van der Waals surface area contributed by atoms with E-state index in [1.807, 2.05) is 26.8 Å². The number of aromatic nitrogens is 1.